The quantitative estimate of drug-likeness (QED) is 0.682. The highest BCUT2D eigenvalue weighted by Crippen LogP contribution is 2.26. The number of fused-ring (bicyclic) bond motifs is 1. The summed E-state index contributed by atoms with van der Waals surface area (Å²) in [5.41, 5.74) is 7.18. The van der Waals surface area contributed by atoms with Crippen LogP contribution in [0.3, 0.4) is 0 Å². The lowest BCUT2D eigenvalue weighted by molar-refractivity contribution is 0.628. The summed E-state index contributed by atoms with van der Waals surface area (Å²) in [6.07, 6.45) is 0. The number of nitrogens with one attached hydrogen (secondary N) is 1. The predicted molar refractivity (Wildman–Crippen MR) is 65.5 cm³/mol. The molecule has 0 aliphatic carbocycles. The van der Waals surface area contributed by atoms with E-state index in [9.17, 15) is 0 Å². The monoisotopic (exact) mass is 235 g/mol. The molecule has 0 fully saturated rings. The number of nitrogens with zero attached hydrogens (tertiary/aromatic N) is 1. The third kappa shape index (κ3) is 1.63. The van der Waals surface area contributed by atoms with E-state index < -0.39 is 0 Å². The number of aromatic amines is 1. The van der Waals surface area contributed by atoms with Crippen molar-refractivity contribution < 1.29 is 4.42 Å². The Hall–Kier alpha value is -1.94. The summed E-state index contributed by atoms with van der Waals surface area (Å²) in [6, 6.07) is 11.6. The average molecular weight is 236 g/mol. The molecule has 0 aliphatic rings. The molecule has 3 N–H and O–H groups in total. The maximum Gasteiger partial charge on any atom is 0.153 e. The second kappa shape index (κ2) is 3.90. The van der Waals surface area contributed by atoms with Crippen molar-refractivity contribution in [1.29, 1.82) is 0 Å². The van der Waals surface area contributed by atoms with Crippen LogP contribution >= 0.6 is 12.4 Å². The summed E-state index contributed by atoms with van der Waals surface area (Å²) in [7, 11) is 0. The Morgan fingerprint density at radius 1 is 1.19 bits per heavy atom. The fourth-order valence-corrected chi connectivity index (χ4v) is 1.58. The summed E-state index contributed by atoms with van der Waals surface area (Å²) in [6.45, 7) is 0. The Labute approximate surface area is 97.9 Å². The first-order valence-corrected chi connectivity index (χ1v) is 4.63. The molecule has 2 heterocycles. The maximum absolute atomic E-state index is 5.64. The maximum atomic E-state index is 5.64. The first kappa shape index (κ1) is 10.6. The fourth-order valence-electron chi connectivity index (χ4n) is 1.58. The van der Waals surface area contributed by atoms with Gasteiger partial charge in [-0.25, -0.2) is 0 Å². The molecule has 0 amide bonds. The van der Waals surface area contributed by atoms with Crippen molar-refractivity contribution in [3.05, 3.63) is 36.4 Å². The van der Waals surface area contributed by atoms with Crippen molar-refractivity contribution in [2.45, 2.75) is 0 Å². The summed E-state index contributed by atoms with van der Waals surface area (Å²) in [4.78, 5) is 0. The van der Waals surface area contributed by atoms with Gasteiger partial charge in [0.05, 0.1) is 0 Å². The summed E-state index contributed by atoms with van der Waals surface area (Å²) < 4.78 is 5.64. The predicted octanol–water partition coefficient (Wildman–Crippen LogP) is 2.83. The molecule has 0 radical (unpaired) electrons. The summed E-state index contributed by atoms with van der Waals surface area (Å²) in [5, 5.41) is 7.74. The Bertz CT molecular complexity index is 581. The van der Waals surface area contributed by atoms with Gasteiger partial charge in [-0.3, -0.25) is 5.10 Å². The van der Waals surface area contributed by atoms with Crippen LogP contribution in [0.5, 0.6) is 0 Å². The molecule has 0 unspecified atom stereocenters. The van der Waals surface area contributed by atoms with Crippen molar-refractivity contribution in [1.82, 2.24) is 10.2 Å². The van der Waals surface area contributed by atoms with Crippen molar-refractivity contribution >= 4 is 29.2 Å². The van der Waals surface area contributed by atoms with Gasteiger partial charge in [-0.2, -0.15) is 5.10 Å². The molecular formula is C11H10ClN3O. The molecule has 5 heteroatoms. The molecule has 4 nitrogen and oxygen atoms in total. The van der Waals surface area contributed by atoms with E-state index in [1.165, 1.54) is 0 Å². The zero-order chi connectivity index (χ0) is 10.3. The van der Waals surface area contributed by atoms with Gasteiger partial charge in [-0.05, 0) is 12.1 Å². The minimum absolute atomic E-state index is 0. The highest BCUT2D eigenvalue weighted by molar-refractivity contribution is 5.85. The molecule has 82 valence electrons. The number of nitrogens with two attached hydrogens (primary N) is 1. The SMILES string of the molecule is Cl.Nc1cc(-c2cc3ccccc3o2)[nH]n1. The topological polar surface area (TPSA) is 67.8 Å². The van der Waals surface area contributed by atoms with Crippen LogP contribution in [-0.4, -0.2) is 10.2 Å². The van der Waals surface area contributed by atoms with E-state index in [0.717, 1.165) is 22.4 Å². The van der Waals surface area contributed by atoms with Crippen LogP contribution in [0.25, 0.3) is 22.4 Å². The van der Waals surface area contributed by atoms with E-state index in [2.05, 4.69) is 10.2 Å². The zero-order valence-corrected chi connectivity index (χ0v) is 9.12. The molecule has 16 heavy (non-hydrogen) atoms. The van der Waals surface area contributed by atoms with E-state index in [1.54, 1.807) is 6.07 Å². The van der Waals surface area contributed by atoms with Crippen LogP contribution < -0.4 is 5.73 Å². The number of anilines is 1. The summed E-state index contributed by atoms with van der Waals surface area (Å²) in [5.74, 6) is 1.21. The molecule has 1 aromatic carbocycles. The van der Waals surface area contributed by atoms with E-state index in [4.69, 9.17) is 10.2 Å². The number of halogens is 1. The number of hydrogen-bond donors (Lipinski definition) is 2. The van der Waals surface area contributed by atoms with Crippen molar-refractivity contribution in [2.24, 2.45) is 0 Å². The van der Waals surface area contributed by atoms with Gasteiger partial charge in [0.1, 0.15) is 17.1 Å². The van der Waals surface area contributed by atoms with Crippen LogP contribution in [0.1, 0.15) is 0 Å². The minimum atomic E-state index is 0. The van der Waals surface area contributed by atoms with Crippen LogP contribution in [-0.2, 0) is 0 Å². The third-order valence-corrected chi connectivity index (χ3v) is 2.29. The molecule has 0 saturated carbocycles. The van der Waals surface area contributed by atoms with E-state index in [0.29, 0.717) is 5.82 Å². The second-order valence-corrected chi connectivity index (χ2v) is 3.35. The lowest BCUT2D eigenvalue weighted by Crippen LogP contribution is -1.81. The normalized spacial score (nSPS) is 10.2. The number of aromatic nitrogens is 2. The van der Waals surface area contributed by atoms with Crippen LogP contribution in [0.15, 0.2) is 40.8 Å². The molecule has 2 aromatic heterocycles. The Balaban J connectivity index is 0.000000963. The summed E-state index contributed by atoms with van der Waals surface area (Å²) >= 11 is 0. The van der Waals surface area contributed by atoms with Gasteiger partial charge in [0, 0.05) is 11.5 Å². The highest BCUT2D eigenvalue weighted by atomic mass is 35.5. The molecule has 0 atom stereocenters. The van der Waals surface area contributed by atoms with Gasteiger partial charge in [-0.15, -0.1) is 12.4 Å². The van der Waals surface area contributed by atoms with E-state index in [-0.39, 0.29) is 12.4 Å². The standard InChI is InChI=1S/C11H9N3O.ClH/c12-11-6-8(13-14-11)10-5-7-3-1-2-4-9(7)15-10;/h1-6H,(H3,12,13,14);1H. The number of H-pyrrole nitrogens is 1. The smallest absolute Gasteiger partial charge is 0.153 e. The third-order valence-electron chi connectivity index (χ3n) is 2.29. The zero-order valence-electron chi connectivity index (χ0n) is 8.31. The van der Waals surface area contributed by atoms with Crippen molar-refractivity contribution in [2.75, 3.05) is 5.73 Å². The number of hydrogen-bond acceptors (Lipinski definition) is 3. The lowest BCUT2D eigenvalue weighted by atomic mass is 10.2. The van der Waals surface area contributed by atoms with Crippen LogP contribution in [0.4, 0.5) is 5.82 Å². The first-order valence-electron chi connectivity index (χ1n) is 4.63. The van der Waals surface area contributed by atoms with Crippen LogP contribution in [0.2, 0.25) is 0 Å². The van der Waals surface area contributed by atoms with Gasteiger partial charge >= 0.3 is 0 Å². The van der Waals surface area contributed by atoms with Gasteiger partial charge < -0.3 is 10.2 Å². The first-order chi connectivity index (χ1) is 7.33. The van der Waals surface area contributed by atoms with Gasteiger partial charge in [0.25, 0.3) is 0 Å². The number of rotatable bonds is 1. The van der Waals surface area contributed by atoms with Gasteiger partial charge in [-0.1, -0.05) is 18.2 Å². The Morgan fingerprint density at radius 3 is 2.69 bits per heavy atom. The van der Waals surface area contributed by atoms with E-state index in [1.807, 2.05) is 30.3 Å². The number of para-hydroxylation sites is 1. The molecule has 3 aromatic rings. The van der Waals surface area contributed by atoms with Crippen molar-refractivity contribution in [3.8, 4) is 11.5 Å². The van der Waals surface area contributed by atoms with Crippen molar-refractivity contribution in [3.63, 3.8) is 0 Å². The molecule has 0 bridgehead atoms. The second-order valence-electron chi connectivity index (χ2n) is 3.35. The molecule has 3 rings (SSSR count). The van der Waals surface area contributed by atoms with Crippen LogP contribution in [0, 0.1) is 0 Å². The number of benzene rings is 1. The molecule has 0 spiro atoms. The molecular weight excluding hydrogens is 226 g/mol. The number of furan rings is 1. The van der Waals surface area contributed by atoms with E-state index >= 15 is 0 Å². The fraction of sp³-hybridized carbons (Fsp3) is 0. The Kier molecular flexibility index (Phi) is 2.58. The molecule has 0 aliphatic heterocycles. The minimum Gasteiger partial charge on any atom is -0.454 e. The Morgan fingerprint density at radius 2 is 2.00 bits per heavy atom. The largest absolute Gasteiger partial charge is 0.454 e. The van der Waals surface area contributed by atoms with Gasteiger partial charge in [0.2, 0.25) is 0 Å². The lowest BCUT2D eigenvalue weighted by Gasteiger charge is -1.86. The van der Waals surface area contributed by atoms with Gasteiger partial charge in [0.15, 0.2) is 5.76 Å². The number of nitrogen functional groups attached to an aromatic ring is 1. The highest BCUT2D eigenvalue weighted by Gasteiger charge is 2.07. The molecule has 0 saturated heterocycles. The average Bonchev–Trinajstić information content (AvgIpc) is 2.82.